The third-order valence-electron chi connectivity index (χ3n) is 5.26. The van der Waals surface area contributed by atoms with Crippen molar-refractivity contribution in [3.05, 3.63) is 65.2 Å². The number of carbonyl (C=O) groups excluding carboxylic acids is 1. The van der Waals surface area contributed by atoms with E-state index < -0.39 is 57.2 Å². The smallest absolute Gasteiger partial charge is 0.417 e. The van der Waals surface area contributed by atoms with Crippen molar-refractivity contribution in [3.8, 4) is 0 Å². The summed E-state index contributed by atoms with van der Waals surface area (Å²) in [4.78, 5) is 28.0. The number of sulfonamides is 1. The van der Waals surface area contributed by atoms with Gasteiger partial charge in [-0.1, -0.05) is 41.6 Å². The van der Waals surface area contributed by atoms with Crippen LogP contribution in [0.25, 0.3) is 0 Å². The Kier molecular flexibility index (Phi) is 8.18. The number of benzene rings is 2. The van der Waals surface area contributed by atoms with Crippen molar-refractivity contribution < 1.29 is 41.1 Å². The van der Waals surface area contributed by atoms with Gasteiger partial charge in [-0.15, -0.1) is 0 Å². The summed E-state index contributed by atoms with van der Waals surface area (Å²) in [5.74, 6) is -2.49. The quantitative estimate of drug-likeness (QED) is 0.222. The largest absolute Gasteiger partial charge is 0.480 e. The zero-order valence-electron chi connectivity index (χ0n) is 18.9. The number of hydrogen-bond acceptors (Lipinski definition) is 7. The lowest BCUT2D eigenvalue weighted by atomic mass is 10.0. The van der Waals surface area contributed by atoms with Crippen molar-refractivity contribution in [1.29, 1.82) is 5.41 Å². The Balaban J connectivity index is 1.57. The molecule has 2 aromatic rings. The number of oxime groups is 1. The number of amidine groups is 1. The SMILES string of the molecule is N=C(N)c1ccc(C2=NOC(CC(=O)NC[C@H](NS(=O)(=O)c3ccccc3C(F)(F)F)C(=O)O)C2)cc1. The molecule has 0 aromatic heterocycles. The molecule has 1 aliphatic rings. The predicted molar refractivity (Wildman–Crippen MR) is 124 cm³/mol. The first-order chi connectivity index (χ1) is 17.3. The van der Waals surface area contributed by atoms with Gasteiger partial charge in [0, 0.05) is 18.5 Å². The maximum atomic E-state index is 13.2. The lowest BCUT2D eigenvalue weighted by Gasteiger charge is -2.18. The van der Waals surface area contributed by atoms with Crippen LogP contribution >= 0.6 is 0 Å². The number of nitrogen functional groups attached to an aromatic ring is 1. The molecule has 0 fully saturated rings. The molecule has 37 heavy (non-hydrogen) atoms. The molecule has 198 valence electrons. The number of rotatable bonds is 10. The normalized spacial score (nSPS) is 16.4. The Bertz CT molecular complexity index is 1330. The summed E-state index contributed by atoms with van der Waals surface area (Å²) in [5, 5.41) is 22.9. The average Bonchev–Trinajstić information content (AvgIpc) is 3.29. The molecule has 0 radical (unpaired) electrons. The molecule has 15 heteroatoms. The van der Waals surface area contributed by atoms with E-state index in [0.717, 1.165) is 12.1 Å². The monoisotopic (exact) mass is 541 g/mol. The fourth-order valence-corrected chi connectivity index (χ4v) is 4.83. The van der Waals surface area contributed by atoms with E-state index in [1.54, 1.807) is 29.0 Å². The Labute approximate surface area is 209 Å². The molecule has 0 bridgehead atoms. The van der Waals surface area contributed by atoms with Gasteiger partial charge in [-0.3, -0.25) is 15.0 Å². The standard InChI is InChI=1S/C22H22F3N5O6S/c23-22(24,25)15-3-1-2-4-18(15)37(34,35)30-17(21(32)33)11-28-19(31)10-14-9-16(29-36-14)12-5-7-13(8-6-12)20(26)27/h1-8,14,17,30H,9-11H2,(H3,26,27)(H,28,31)(H,32,33)/t14?,17-/m0/s1. The Morgan fingerprint density at radius 2 is 1.84 bits per heavy atom. The second-order valence-corrected chi connectivity index (χ2v) is 9.66. The second kappa shape index (κ2) is 11.0. The van der Waals surface area contributed by atoms with Gasteiger partial charge in [0.25, 0.3) is 0 Å². The van der Waals surface area contributed by atoms with Crippen molar-refractivity contribution in [1.82, 2.24) is 10.0 Å². The van der Waals surface area contributed by atoms with Crippen LogP contribution in [0.3, 0.4) is 0 Å². The van der Waals surface area contributed by atoms with Crippen LogP contribution in [0, 0.1) is 5.41 Å². The zero-order chi connectivity index (χ0) is 27.4. The third kappa shape index (κ3) is 7.04. The summed E-state index contributed by atoms with van der Waals surface area (Å²) in [6, 6.07) is 8.00. The molecule has 1 amide bonds. The molecule has 11 nitrogen and oxygen atoms in total. The fraction of sp³-hybridized carbons (Fsp3) is 0.273. The lowest BCUT2D eigenvalue weighted by molar-refractivity contribution is -0.140. The van der Waals surface area contributed by atoms with Crippen LogP contribution in [0.4, 0.5) is 13.2 Å². The number of amides is 1. The van der Waals surface area contributed by atoms with Gasteiger partial charge < -0.3 is 21.0 Å². The Morgan fingerprint density at radius 1 is 1.19 bits per heavy atom. The Hall–Kier alpha value is -3.98. The number of alkyl halides is 3. The van der Waals surface area contributed by atoms with Gasteiger partial charge in [-0.05, 0) is 17.7 Å². The number of nitrogens with one attached hydrogen (secondary N) is 3. The third-order valence-corrected chi connectivity index (χ3v) is 6.79. The van der Waals surface area contributed by atoms with Gasteiger partial charge in [-0.25, -0.2) is 8.42 Å². The summed E-state index contributed by atoms with van der Waals surface area (Å²) >= 11 is 0. The number of carbonyl (C=O) groups is 2. The molecule has 1 unspecified atom stereocenters. The summed E-state index contributed by atoms with van der Waals surface area (Å²) in [6.07, 6.45) is -5.67. The topological polar surface area (TPSA) is 184 Å². The number of nitrogens with zero attached hydrogens (tertiary/aromatic N) is 1. The van der Waals surface area contributed by atoms with Gasteiger partial charge >= 0.3 is 12.1 Å². The van der Waals surface area contributed by atoms with Crippen LogP contribution in [0.5, 0.6) is 0 Å². The summed E-state index contributed by atoms with van der Waals surface area (Å²) in [6.45, 7) is -0.728. The summed E-state index contributed by atoms with van der Waals surface area (Å²) in [5.41, 5.74) is 5.70. The zero-order valence-corrected chi connectivity index (χ0v) is 19.8. The minimum atomic E-state index is -4.99. The highest BCUT2D eigenvalue weighted by Gasteiger charge is 2.38. The van der Waals surface area contributed by atoms with E-state index in [2.05, 4.69) is 10.5 Å². The summed E-state index contributed by atoms with van der Waals surface area (Å²) in [7, 11) is -4.90. The fourth-order valence-electron chi connectivity index (χ4n) is 3.41. The highest BCUT2D eigenvalue weighted by atomic mass is 32.2. The molecule has 3 rings (SSSR count). The van der Waals surface area contributed by atoms with Crippen LogP contribution in [0.1, 0.15) is 29.5 Å². The van der Waals surface area contributed by atoms with Gasteiger partial charge in [-0.2, -0.15) is 17.9 Å². The van der Waals surface area contributed by atoms with Crippen molar-refractivity contribution in [2.45, 2.75) is 36.1 Å². The highest BCUT2D eigenvalue weighted by Crippen LogP contribution is 2.33. The van der Waals surface area contributed by atoms with Crippen molar-refractivity contribution >= 4 is 33.4 Å². The van der Waals surface area contributed by atoms with Gasteiger partial charge in [0.15, 0.2) is 0 Å². The van der Waals surface area contributed by atoms with E-state index in [4.69, 9.17) is 16.0 Å². The van der Waals surface area contributed by atoms with E-state index >= 15 is 0 Å². The minimum absolute atomic E-state index is 0.0998. The minimum Gasteiger partial charge on any atom is -0.480 e. The molecule has 0 saturated heterocycles. The van der Waals surface area contributed by atoms with Crippen molar-refractivity contribution in [3.63, 3.8) is 0 Å². The first-order valence-electron chi connectivity index (χ1n) is 10.6. The second-order valence-electron chi connectivity index (χ2n) is 7.97. The number of carboxylic acids is 1. The van der Waals surface area contributed by atoms with E-state index in [0.29, 0.717) is 29.0 Å². The first kappa shape index (κ1) is 27.6. The lowest BCUT2D eigenvalue weighted by Crippen LogP contribution is -2.48. The predicted octanol–water partition coefficient (Wildman–Crippen LogP) is 1.42. The molecule has 0 spiro atoms. The maximum Gasteiger partial charge on any atom is 0.417 e. The molecule has 1 aliphatic heterocycles. The maximum absolute atomic E-state index is 13.2. The molecule has 0 saturated carbocycles. The molecule has 2 aromatic carbocycles. The van der Waals surface area contributed by atoms with Crippen molar-refractivity contribution in [2.75, 3.05) is 6.54 Å². The molecule has 0 aliphatic carbocycles. The first-order valence-corrected chi connectivity index (χ1v) is 12.1. The van der Waals surface area contributed by atoms with Crippen LogP contribution in [-0.4, -0.2) is 55.6 Å². The average molecular weight is 542 g/mol. The van der Waals surface area contributed by atoms with Gasteiger partial charge in [0.2, 0.25) is 15.9 Å². The van der Waals surface area contributed by atoms with Crippen LogP contribution in [-0.2, 0) is 30.6 Å². The van der Waals surface area contributed by atoms with E-state index in [-0.39, 0.29) is 18.7 Å². The number of halogens is 3. The number of aliphatic carboxylic acids is 1. The van der Waals surface area contributed by atoms with Gasteiger partial charge in [0.1, 0.15) is 18.0 Å². The Morgan fingerprint density at radius 3 is 2.43 bits per heavy atom. The summed E-state index contributed by atoms with van der Waals surface area (Å²) < 4.78 is 66.4. The number of nitrogens with two attached hydrogens (primary N) is 1. The molecular weight excluding hydrogens is 519 g/mol. The van der Waals surface area contributed by atoms with E-state index in [9.17, 15) is 36.3 Å². The number of carboxylic acid groups (broad SMARTS) is 1. The van der Waals surface area contributed by atoms with Crippen molar-refractivity contribution in [2.24, 2.45) is 10.9 Å². The molecular formula is C22H22F3N5O6S. The molecule has 2 atom stereocenters. The van der Waals surface area contributed by atoms with Crippen LogP contribution in [0.15, 0.2) is 58.6 Å². The molecule has 1 heterocycles. The number of hydrogen-bond donors (Lipinski definition) is 5. The molecule has 6 N–H and O–H groups in total. The highest BCUT2D eigenvalue weighted by molar-refractivity contribution is 7.89. The van der Waals surface area contributed by atoms with Crippen LogP contribution in [0.2, 0.25) is 0 Å². The van der Waals surface area contributed by atoms with Crippen LogP contribution < -0.4 is 15.8 Å². The van der Waals surface area contributed by atoms with E-state index in [1.807, 2.05) is 0 Å². The van der Waals surface area contributed by atoms with Gasteiger partial charge in [0.05, 0.1) is 22.6 Å². The van der Waals surface area contributed by atoms with E-state index in [1.165, 1.54) is 0 Å².